The third kappa shape index (κ3) is 4.77. The highest BCUT2D eigenvalue weighted by Gasteiger charge is 2.41. The molecule has 5 nitrogen and oxygen atoms in total. The maximum absolute atomic E-state index is 13.5. The van der Waals surface area contributed by atoms with E-state index in [9.17, 15) is 9.59 Å². The first-order chi connectivity index (χ1) is 13.6. The van der Waals surface area contributed by atoms with E-state index in [0.717, 1.165) is 63.8 Å². The zero-order valence-corrected chi connectivity index (χ0v) is 18.2. The summed E-state index contributed by atoms with van der Waals surface area (Å²) >= 11 is 0. The van der Waals surface area contributed by atoms with Gasteiger partial charge < -0.3 is 15.5 Å². The molecule has 1 aromatic carbocycles. The van der Waals surface area contributed by atoms with Crippen LogP contribution in [0.15, 0.2) is 24.3 Å². The second-order valence-electron chi connectivity index (χ2n) is 8.83. The van der Waals surface area contributed by atoms with Crippen LogP contribution in [0.3, 0.4) is 0 Å². The number of nitrogens with zero attached hydrogens (tertiary/aromatic N) is 1. The van der Waals surface area contributed by atoms with Gasteiger partial charge in [-0.3, -0.25) is 9.59 Å². The number of nitrogens with one attached hydrogen (secondary N) is 2. The quantitative estimate of drug-likeness (QED) is 0.769. The van der Waals surface area contributed by atoms with Gasteiger partial charge in [0.2, 0.25) is 11.8 Å². The molecule has 4 unspecified atom stereocenters. The van der Waals surface area contributed by atoms with Gasteiger partial charge in [-0.05, 0) is 69.7 Å². The number of benzene rings is 1. The van der Waals surface area contributed by atoms with Gasteiger partial charge in [0.1, 0.15) is 0 Å². The van der Waals surface area contributed by atoms with E-state index in [2.05, 4.69) is 23.6 Å². The van der Waals surface area contributed by atoms with Crippen molar-refractivity contribution in [1.82, 2.24) is 10.6 Å². The number of amides is 2. The molecule has 2 fully saturated rings. The summed E-state index contributed by atoms with van der Waals surface area (Å²) in [5, 5.41) is 6.52. The van der Waals surface area contributed by atoms with E-state index in [-0.39, 0.29) is 42.1 Å². The Morgan fingerprint density at radius 2 is 1.90 bits per heavy atom. The molecule has 4 rings (SSSR count). The molecule has 4 atom stereocenters. The minimum atomic E-state index is -0.185. The Kier molecular flexibility index (Phi) is 7.58. The molecule has 1 aromatic rings. The molecular weight excluding hydrogens is 386 g/mol. The van der Waals surface area contributed by atoms with Gasteiger partial charge in [0.25, 0.3) is 0 Å². The molecule has 3 aliphatic rings. The number of anilines is 1. The van der Waals surface area contributed by atoms with Crippen LogP contribution < -0.4 is 15.5 Å². The van der Waals surface area contributed by atoms with E-state index in [1.165, 1.54) is 12.0 Å². The molecule has 2 heterocycles. The predicted octanol–water partition coefficient (Wildman–Crippen LogP) is 3.31. The summed E-state index contributed by atoms with van der Waals surface area (Å²) in [7, 11) is 0. The number of halogens is 1. The average Bonchev–Trinajstić information content (AvgIpc) is 3.34. The van der Waals surface area contributed by atoms with Crippen molar-refractivity contribution < 1.29 is 9.59 Å². The summed E-state index contributed by atoms with van der Waals surface area (Å²) in [4.78, 5) is 28.4. The molecular formula is C23H34ClN3O2. The topological polar surface area (TPSA) is 61.4 Å². The smallest absolute Gasteiger partial charge is 0.231 e. The summed E-state index contributed by atoms with van der Waals surface area (Å²) in [6.45, 7) is 5.00. The molecule has 0 radical (unpaired) electrons. The largest absolute Gasteiger partial charge is 0.356 e. The molecule has 0 aromatic heterocycles. The van der Waals surface area contributed by atoms with Crippen LogP contribution in [0.1, 0.15) is 51.0 Å². The van der Waals surface area contributed by atoms with Gasteiger partial charge in [-0.25, -0.2) is 0 Å². The van der Waals surface area contributed by atoms with Gasteiger partial charge in [0.05, 0.1) is 5.92 Å². The molecule has 160 valence electrons. The van der Waals surface area contributed by atoms with E-state index in [1.54, 1.807) is 0 Å². The lowest BCUT2D eigenvalue weighted by Crippen LogP contribution is -2.47. The molecule has 2 N–H and O–H groups in total. The number of para-hydroxylation sites is 1. The van der Waals surface area contributed by atoms with Crippen LogP contribution in [0.5, 0.6) is 0 Å². The summed E-state index contributed by atoms with van der Waals surface area (Å²) in [6.07, 6.45) is 6.87. The monoisotopic (exact) mass is 419 g/mol. The van der Waals surface area contributed by atoms with E-state index in [0.29, 0.717) is 5.92 Å². The highest BCUT2D eigenvalue weighted by atomic mass is 35.5. The second-order valence-corrected chi connectivity index (χ2v) is 8.83. The van der Waals surface area contributed by atoms with Crippen molar-refractivity contribution in [3.8, 4) is 0 Å². The van der Waals surface area contributed by atoms with E-state index in [1.807, 2.05) is 23.1 Å². The van der Waals surface area contributed by atoms with Crippen LogP contribution in [0, 0.1) is 17.8 Å². The lowest BCUT2D eigenvalue weighted by molar-refractivity contribution is -0.135. The SMILES string of the molecule is CC1Cc2ccccc2N1C(=O)C1CCCCC1C(=O)NCCC1CCNC1.Cl. The van der Waals surface area contributed by atoms with Crippen molar-refractivity contribution in [2.24, 2.45) is 17.8 Å². The molecule has 2 aliphatic heterocycles. The molecule has 1 saturated carbocycles. The van der Waals surface area contributed by atoms with Crippen molar-refractivity contribution in [2.75, 3.05) is 24.5 Å². The lowest BCUT2D eigenvalue weighted by atomic mass is 9.77. The standard InChI is InChI=1S/C23H33N3O2.ClH/c1-16-14-18-6-2-5-9-21(18)26(16)23(28)20-8-4-3-7-19(20)22(27)25-13-11-17-10-12-24-15-17;/h2,5-6,9,16-17,19-20,24H,3-4,7-8,10-15H2,1H3,(H,25,27);1H. The van der Waals surface area contributed by atoms with Gasteiger partial charge in [-0.15, -0.1) is 12.4 Å². The van der Waals surface area contributed by atoms with Crippen LogP contribution >= 0.6 is 12.4 Å². The fraction of sp³-hybridized carbons (Fsp3) is 0.652. The van der Waals surface area contributed by atoms with Crippen molar-refractivity contribution in [3.63, 3.8) is 0 Å². The zero-order chi connectivity index (χ0) is 19.5. The van der Waals surface area contributed by atoms with Gasteiger partial charge in [0, 0.05) is 24.2 Å². The van der Waals surface area contributed by atoms with Crippen LogP contribution in [-0.4, -0.2) is 37.5 Å². The number of carbonyl (C=O) groups excluding carboxylic acids is 2. The summed E-state index contributed by atoms with van der Waals surface area (Å²) < 4.78 is 0. The number of hydrogen-bond donors (Lipinski definition) is 2. The Hall–Kier alpha value is -1.59. The zero-order valence-electron chi connectivity index (χ0n) is 17.4. The highest BCUT2D eigenvalue weighted by Crippen LogP contribution is 2.38. The average molecular weight is 420 g/mol. The molecule has 29 heavy (non-hydrogen) atoms. The van der Waals surface area contributed by atoms with Crippen molar-refractivity contribution in [3.05, 3.63) is 29.8 Å². The molecule has 1 saturated heterocycles. The Labute approximate surface area is 180 Å². The minimum Gasteiger partial charge on any atom is -0.356 e. The van der Waals surface area contributed by atoms with Crippen molar-refractivity contribution in [1.29, 1.82) is 0 Å². The summed E-state index contributed by atoms with van der Waals surface area (Å²) in [5.41, 5.74) is 2.28. The normalized spacial score (nSPS) is 28.5. The van der Waals surface area contributed by atoms with Gasteiger partial charge >= 0.3 is 0 Å². The molecule has 0 spiro atoms. The van der Waals surface area contributed by atoms with Gasteiger partial charge in [0.15, 0.2) is 0 Å². The van der Waals surface area contributed by atoms with E-state index >= 15 is 0 Å². The number of hydrogen-bond acceptors (Lipinski definition) is 3. The minimum absolute atomic E-state index is 0. The Morgan fingerprint density at radius 1 is 1.14 bits per heavy atom. The third-order valence-electron chi connectivity index (χ3n) is 6.88. The second kappa shape index (κ2) is 9.94. The lowest BCUT2D eigenvalue weighted by Gasteiger charge is -2.34. The summed E-state index contributed by atoms with van der Waals surface area (Å²) in [5.74, 6) is 0.547. The number of carbonyl (C=O) groups is 2. The molecule has 2 amide bonds. The van der Waals surface area contributed by atoms with Crippen molar-refractivity contribution in [2.45, 2.75) is 57.9 Å². The van der Waals surface area contributed by atoms with Crippen LogP contribution in [0.25, 0.3) is 0 Å². The highest BCUT2D eigenvalue weighted by molar-refractivity contribution is 6.00. The van der Waals surface area contributed by atoms with Crippen molar-refractivity contribution >= 4 is 29.9 Å². The Morgan fingerprint density at radius 3 is 2.66 bits per heavy atom. The van der Waals surface area contributed by atoms with E-state index in [4.69, 9.17) is 0 Å². The number of fused-ring (bicyclic) bond motifs is 1. The Bertz CT molecular complexity index is 720. The predicted molar refractivity (Wildman–Crippen MR) is 118 cm³/mol. The molecule has 6 heteroatoms. The fourth-order valence-electron chi connectivity index (χ4n) is 5.31. The summed E-state index contributed by atoms with van der Waals surface area (Å²) in [6, 6.07) is 8.37. The van der Waals surface area contributed by atoms with Crippen LogP contribution in [0.4, 0.5) is 5.69 Å². The molecule has 0 bridgehead atoms. The Balaban J connectivity index is 0.00000240. The van der Waals surface area contributed by atoms with Crippen LogP contribution in [0.2, 0.25) is 0 Å². The van der Waals surface area contributed by atoms with Gasteiger partial charge in [-0.1, -0.05) is 31.0 Å². The first kappa shape index (κ1) is 22.1. The molecule has 1 aliphatic carbocycles. The van der Waals surface area contributed by atoms with Gasteiger partial charge in [-0.2, -0.15) is 0 Å². The van der Waals surface area contributed by atoms with E-state index < -0.39 is 0 Å². The first-order valence-electron chi connectivity index (χ1n) is 11.0. The maximum atomic E-state index is 13.5. The third-order valence-corrected chi connectivity index (χ3v) is 6.88. The van der Waals surface area contributed by atoms with Crippen LogP contribution in [-0.2, 0) is 16.0 Å². The fourth-order valence-corrected chi connectivity index (χ4v) is 5.31. The first-order valence-corrected chi connectivity index (χ1v) is 11.0. The maximum Gasteiger partial charge on any atom is 0.231 e. The number of rotatable bonds is 5.